The van der Waals surface area contributed by atoms with Crippen molar-refractivity contribution in [2.75, 3.05) is 0 Å². The van der Waals surface area contributed by atoms with Crippen LogP contribution in [0.25, 0.3) is 0 Å². The molecule has 2 nitrogen and oxygen atoms in total. The third-order valence-electron chi connectivity index (χ3n) is 5.28. The van der Waals surface area contributed by atoms with Crippen molar-refractivity contribution in [1.82, 2.24) is 0 Å². The Kier molecular flexibility index (Phi) is 4.49. The van der Waals surface area contributed by atoms with Crippen molar-refractivity contribution in [3.63, 3.8) is 0 Å². The maximum Gasteiger partial charge on any atom is 0.166 e. The fraction of sp³-hybridized carbons (Fsp3) is 0.167. The third-order valence-corrected chi connectivity index (χ3v) is 5.28. The summed E-state index contributed by atoms with van der Waals surface area (Å²) in [7, 11) is 0. The second kappa shape index (κ2) is 7.09. The molecule has 0 fully saturated rings. The van der Waals surface area contributed by atoms with E-state index in [-0.39, 0.29) is 23.4 Å². The molecular weight excluding hydrogens is 320 g/mol. The highest BCUT2D eigenvalue weighted by Crippen LogP contribution is 2.42. The van der Waals surface area contributed by atoms with E-state index in [4.69, 9.17) is 0 Å². The summed E-state index contributed by atoms with van der Waals surface area (Å²) in [4.78, 5) is 25.9. The highest BCUT2D eigenvalue weighted by molar-refractivity contribution is 6.01. The van der Waals surface area contributed by atoms with E-state index in [1.807, 2.05) is 72.8 Å². The number of hydrogen-bond acceptors (Lipinski definition) is 2. The van der Waals surface area contributed by atoms with Gasteiger partial charge < -0.3 is 0 Å². The summed E-state index contributed by atoms with van der Waals surface area (Å²) < 4.78 is 0. The van der Waals surface area contributed by atoms with Gasteiger partial charge in [0.25, 0.3) is 0 Å². The number of hydrogen-bond donors (Lipinski definition) is 0. The molecule has 0 amide bonds. The van der Waals surface area contributed by atoms with E-state index in [0.717, 1.165) is 11.1 Å². The van der Waals surface area contributed by atoms with Crippen molar-refractivity contribution in [3.05, 3.63) is 107 Å². The average molecular weight is 340 g/mol. The predicted octanol–water partition coefficient (Wildman–Crippen LogP) is 5.10. The van der Waals surface area contributed by atoms with E-state index >= 15 is 0 Å². The Labute approximate surface area is 153 Å². The molecular formula is C24H20O2. The Bertz CT molecular complexity index is 929. The maximum atomic E-state index is 13.1. The number of benzene rings is 3. The summed E-state index contributed by atoms with van der Waals surface area (Å²) in [6.45, 7) is 0. The van der Waals surface area contributed by atoms with Gasteiger partial charge in [-0.3, -0.25) is 9.59 Å². The van der Waals surface area contributed by atoms with Crippen LogP contribution in [0.4, 0.5) is 0 Å². The first-order valence-electron chi connectivity index (χ1n) is 8.99. The molecule has 0 aromatic heterocycles. The van der Waals surface area contributed by atoms with E-state index in [1.165, 1.54) is 5.56 Å². The van der Waals surface area contributed by atoms with Crippen LogP contribution in [0.3, 0.4) is 0 Å². The lowest BCUT2D eigenvalue weighted by molar-refractivity contribution is 0.0886. The summed E-state index contributed by atoms with van der Waals surface area (Å²) in [6, 6.07) is 26.9. The van der Waals surface area contributed by atoms with Gasteiger partial charge in [-0.05, 0) is 17.5 Å². The predicted molar refractivity (Wildman–Crippen MR) is 103 cm³/mol. The summed E-state index contributed by atoms with van der Waals surface area (Å²) in [5.41, 5.74) is 3.77. The number of rotatable bonds is 5. The van der Waals surface area contributed by atoms with Gasteiger partial charge in [-0.15, -0.1) is 0 Å². The fourth-order valence-electron chi connectivity index (χ4n) is 3.96. The number of carbonyl (C=O) groups is 2. The molecule has 0 N–H and O–H groups in total. The Morgan fingerprint density at radius 1 is 0.731 bits per heavy atom. The summed E-state index contributed by atoms with van der Waals surface area (Å²) in [5, 5.41) is 0. The molecule has 0 unspecified atom stereocenters. The average Bonchev–Trinajstić information content (AvgIpc) is 3.07. The summed E-state index contributed by atoms with van der Waals surface area (Å²) in [6.07, 6.45) is 1.07. The van der Waals surface area contributed by atoms with Crippen LogP contribution in [-0.4, -0.2) is 11.6 Å². The molecule has 1 aliphatic carbocycles. The third kappa shape index (κ3) is 3.11. The van der Waals surface area contributed by atoms with Gasteiger partial charge in [-0.25, -0.2) is 0 Å². The fourth-order valence-corrected chi connectivity index (χ4v) is 3.96. The van der Waals surface area contributed by atoms with Crippen LogP contribution in [-0.2, 0) is 6.42 Å². The van der Waals surface area contributed by atoms with Gasteiger partial charge in [-0.2, -0.15) is 0 Å². The van der Waals surface area contributed by atoms with Gasteiger partial charge >= 0.3 is 0 Å². The molecule has 4 rings (SSSR count). The normalized spacial score (nSPS) is 18.3. The monoisotopic (exact) mass is 340 g/mol. The number of carbonyl (C=O) groups excluding carboxylic acids is 2. The van der Waals surface area contributed by atoms with E-state index in [2.05, 4.69) is 12.1 Å². The standard InChI is InChI=1S/C24H20O2/c25-23(17-9-3-1-4-10-17)16-21-20-14-8-7-13-19(20)15-22(21)24(26)18-11-5-2-6-12-18/h1-14,21-22H,15-16H2/t21-,22-/m1/s1. The molecule has 0 bridgehead atoms. The molecule has 1 aliphatic rings. The topological polar surface area (TPSA) is 34.1 Å². The maximum absolute atomic E-state index is 13.1. The van der Waals surface area contributed by atoms with E-state index in [1.54, 1.807) is 0 Å². The molecule has 0 aliphatic heterocycles. The summed E-state index contributed by atoms with van der Waals surface area (Å²) in [5.74, 6) is -0.0140. The first kappa shape index (κ1) is 16.5. The van der Waals surface area contributed by atoms with Crippen molar-refractivity contribution in [2.45, 2.75) is 18.8 Å². The SMILES string of the molecule is O=C(C[C@@H]1c2ccccc2C[C@H]1C(=O)c1ccccc1)c1ccccc1. The Morgan fingerprint density at radius 3 is 2.00 bits per heavy atom. The molecule has 2 heteroatoms. The largest absolute Gasteiger partial charge is 0.294 e. The molecule has 26 heavy (non-hydrogen) atoms. The molecule has 3 aromatic rings. The highest BCUT2D eigenvalue weighted by atomic mass is 16.1. The molecule has 0 heterocycles. The van der Waals surface area contributed by atoms with Crippen molar-refractivity contribution >= 4 is 11.6 Å². The second-order valence-corrected chi connectivity index (χ2v) is 6.84. The van der Waals surface area contributed by atoms with Crippen LogP contribution in [0.1, 0.15) is 44.2 Å². The molecule has 128 valence electrons. The minimum Gasteiger partial charge on any atom is -0.294 e. The van der Waals surface area contributed by atoms with Crippen molar-refractivity contribution in [3.8, 4) is 0 Å². The Morgan fingerprint density at radius 2 is 1.31 bits per heavy atom. The van der Waals surface area contributed by atoms with Crippen LogP contribution in [0.2, 0.25) is 0 Å². The van der Waals surface area contributed by atoms with Gasteiger partial charge in [0.05, 0.1) is 0 Å². The van der Waals surface area contributed by atoms with Crippen LogP contribution < -0.4 is 0 Å². The quantitative estimate of drug-likeness (QED) is 0.606. The smallest absolute Gasteiger partial charge is 0.166 e. The molecule has 2 atom stereocenters. The highest BCUT2D eigenvalue weighted by Gasteiger charge is 2.38. The number of Topliss-reactive ketones (excluding diaryl/α,β-unsaturated/α-hetero) is 2. The van der Waals surface area contributed by atoms with Crippen molar-refractivity contribution in [1.29, 1.82) is 0 Å². The molecule has 0 radical (unpaired) electrons. The van der Waals surface area contributed by atoms with Gasteiger partial charge in [0.1, 0.15) is 0 Å². The lowest BCUT2D eigenvalue weighted by Crippen LogP contribution is -2.21. The zero-order chi connectivity index (χ0) is 17.9. The number of ketones is 2. The zero-order valence-corrected chi connectivity index (χ0v) is 14.5. The minimum absolute atomic E-state index is 0.0633. The summed E-state index contributed by atoms with van der Waals surface area (Å²) >= 11 is 0. The molecule has 0 spiro atoms. The van der Waals surface area contributed by atoms with Crippen LogP contribution in [0, 0.1) is 5.92 Å². The van der Waals surface area contributed by atoms with Crippen LogP contribution >= 0.6 is 0 Å². The first-order chi connectivity index (χ1) is 12.7. The van der Waals surface area contributed by atoms with E-state index in [9.17, 15) is 9.59 Å². The number of fused-ring (bicyclic) bond motifs is 1. The second-order valence-electron chi connectivity index (χ2n) is 6.84. The first-order valence-corrected chi connectivity index (χ1v) is 8.99. The van der Waals surface area contributed by atoms with Crippen molar-refractivity contribution < 1.29 is 9.59 Å². The van der Waals surface area contributed by atoms with E-state index in [0.29, 0.717) is 18.4 Å². The van der Waals surface area contributed by atoms with Crippen LogP contribution in [0.5, 0.6) is 0 Å². The Hall–Kier alpha value is -3.00. The minimum atomic E-state index is -0.178. The van der Waals surface area contributed by atoms with Gasteiger partial charge in [0.2, 0.25) is 0 Å². The van der Waals surface area contributed by atoms with Gasteiger partial charge in [-0.1, -0.05) is 84.9 Å². The van der Waals surface area contributed by atoms with Gasteiger partial charge in [0, 0.05) is 29.4 Å². The molecule has 0 saturated heterocycles. The van der Waals surface area contributed by atoms with Crippen LogP contribution in [0.15, 0.2) is 84.9 Å². The molecule has 0 saturated carbocycles. The van der Waals surface area contributed by atoms with E-state index < -0.39 is 0 Å². The molecule has 3 aromatic carbocycles. The van der Waals surface area contributed by atoms with Gasteiger partial charge in [0.15, 0.2) is 11.6 Å². The lowest BCUT2D eigenvalue weighted by atomic mass is 9.82. The Balaban J connectivity index is 1.66. The zero-order valence-electron chi connectivity index (χ0n) is 14.5. The van der Waals surface area contributed by atoms with Crippen molar-refractivity contribution in [2.24, 2.45) is 5.92 Å². The lowest BCUT2D eigenvalue weighted by Gasteiger charge is -2.19.